The van der Waals surface area contributed by atoms with Gasteiger partial charge in [-0.3, -0.25) is 14.4 Å². The van der Waals surface area contributed by atoms with Gasteiger partial charge in [0.1, 0.15) is 6.04 Å². The van der Waals surface area contributed by atoms with E-state index < -0.39 is 11.9 Å². The van der Waals surface area contributed by atoms with Crippen molar-refractivity contribution < 1.29 is 9.59 Å². The largest absolute Gasteiger partial charge is 0.368 e. The van der Waals surface area contributed by atoms with E-state index in [1.165, 1.54) is 23.2 Å². The second-order valence-corrected chi connectivity index (χ2v) is 4.00. The molecule has 1 fully saturated rings. The Morgan fingerprint density at radius 1 is 1.47 bits per heavy atom. The second kappa shape index (κ2) is 4.40. The number of nitrogens with zero attached hydrogens (tertiary/aromatic N) is 1. The molecule has 2 amide bonds. The van der Waals surface area contributed by atoms with Gasteiger partial charge in [0, 0.05) is 24.4 Å². The summed E-state index contributed by atoms with van der Waals surface area (Å²) in [5.41, 5.74) is 5.17. The highest BCUT2D eigenvalue weighted by molar-refractivity contribution is 5.97. The van der Waals surface area contributed by atoms with Crippen LogP contribution in [-0.4, -0.2) is 34.3 Å². The van der Waals surface area contributed by atoms with Crippen molar-refractivity contribution in [3.05, 3.63) is 34.2 Å². The van der Waals surface area contributed by atoms with Crippen LogP contribution in [0, 0.1) is 0 Å². The SMILES string of the molecule is NC(=O)C1CCCN1C(=O)c1cc[nH]c(=O)c1. The van der Waals surface area contributed by atoms with Gasteiger partial charge < -0.3 is 15.6 Å². The van der Waals surface area contributed by atoms with Crippen LogP contribution >= 0.6 is 0 Å². The Balaban J connectivity index is 2.26. The molecule has 0 radical (unpaired) electrons. The quantitative estimate of drug-likeness (QED) is 0.720. The number of H-pyrrole nitrogens is 1. The van der Waals surface area contributed by atoms with Crippen molar-refractivity contribution in [1.29, 1.82) is 0 Å². The van der Waals surface area contributed by atoms with E-state index >= 15 is 0 Å². The number of hydrogen-bond donors (Lipinski definition) is 2. The number of carbonyl (C=O) groups is 2. The summed E-state index contributed by atoms with van der Waals surface area (Å²) >= 11 is 0. The van der Waals surface area contributed by atoms with E-state index in [2.05, 4.69) is 4.98 Å². The minimum atomic E-state index is -0.554. The molecular weight excluding hydrogens is 222 g/mol. The number of likely N-dealkylation sites (tertiary alicyclic amines) is 1. The van der Waals surface area contributed by atoms with Gasteiger partial charge in [-0.2, -0.15) is 0 Å². The van der Waals surface area contributed by atoms with Gasteiger partial charge in [0.25, 0.3) is 5.91 Å². The average molecular weight is 235 g/mol. The second-order valence-electron chi connectivity index (χ2n) is 4.00. The molecule has 6 nitrogen and oxygen atoms in total. The van der Waals surface area contributed by atoms with E-state index in [1.807, 2.05) is 0 Å². The number of primary amides is 1. The lowest BCUT2D eigenvalue weighted by Gasteiger charge is -2.21. The summed E-state index contributed by atoms with van der Waals surface area (Å²) in [6.07, 6.45) is 2.75. The van der Waals surface area contributed by atoms with Crippen LogP contribution in [0.25, 0.3) is 0 Å². The lowest BCUT2D eigenvalue weighted by Crippen LogP contribution is -2.43. The lowest BCUT2D eigenvalue weighted by atomic mass is 10.2. The summed E-state index contributed by atoms with van der Waals surface area (Å²) in [6.45, 7) is 0.499. The number of amides is 2. The number of nitrogens with one attached hydrogen (secondary N) is 1. The van der Waals surface area contributed by atoms with Gasteiger partial charge in [-0.25, -0.2) is 0 Å². The molecule has 17 heavy (non-hydrogen) atoms. The summed E-state index contributed by atoms with van der Waals surface area (Å²) in [5, 5.41) is 0. The maximum absolute atomic E-state index is 12.1. The van der Waals surface area contributed by atoms with Crippen LogP contribution < -0.4 is 11.3 Å². The topological polar surface area (TPSA) is 96.3 Å². The molecular formula is C11H13N3O3. The maximum atomic E-state index is 12.1. The minimum Gasteiger partial charge on any atom is -0.368 e. The molecule has 0 aromatic carbocycles. The van der Waals surface area contributed by atoms with Crippen molar-refractivity contribution >= 4 is 11.8 Å². The fourth-order valence-corrected chi connectivity index (χ4v) is 2.05. The summed E-state index contributed by atoms with van der Waals surface area (Å²) in [7, 11) is 0. The zero-order valence-corrected chi connectivity index (χ0v) is 9.18. The van der Waals surface area contributed by atoms with Gasteiger partial charge in [-0.05, 0) is 18.9 Å². The third kappa shape index (κ3) is 2.20. The number of aromatic nitrogens is 1. The van der Waals surface area contributed by atoms with Gasteiger partial charge in [-0.1, -0.05) is 0 Å². The number of pyridine rings is 1. The first kappa shape index (κ1) is 11.4. The Morgan fingerprint density at radius 2 is 2.24 bits per heavy atom. The zero-order chi connectivity index (χ0) is 12.4. The van der Waals surface area contributed by atoms with Crippen molar-refractivity contribution in [1.82, 2.24) is 9.88 Å². The molecule has 0 spiro atoms. The van der Waals surface area contributed by atoms with Crippen LogP contribution in [0.1, 0.15) is 23.2 Å². The molecule has 1 aliphatic heterocycles. The van der Waals surface area contributed by atoms with Crippen LogP contribution in [0.3, 0.4) is 0 Å². The van der Waals surface area contributed by atoms with Crippen LogP contribution in [0.5, 0.6) is 0 Å². The van der Waals surface area contributed by atoms with Gasteiger partial charge in [0.2, 0.25) is 11.5 Å². The Hall–Kier alpha value is -2.11. The van der Waals surface area contributed by atoms with Crippen LogP contribution in [-0.2, 0) is 4.79 Å². The van der Waals surface area contributed by atoms with Crippen molar-refractivity contribution in [2.75, 3.05) is 6.54 Å². The van der Waals surface area contributed by atoms with Gasteiger partial charge in [-0.15, -0.1) is 0 Å². The number of hydrogen-bond acceptors (Lipinski definition) is 3. The van der Waals surface area contributed by atoms with Gasteiger partial charge in [0.05, 0.1) is 0 Å². The monoisotopic (exact) mass is 235 g/mol. The molecule has 3 N–H and O–H groups in total. The molecule has 1 unspecified atom stereocenters. The summed E-state index contributed by atoms with van der Waals surface area (Å²) < 4.78 is 0. The Kier molecular flexibility index (Phi) is 2.95. The Bertz CT molecular complexity index is 509. The molecule has 1 aliphatic rings. The minimum absolute atomic E-state index is 0.280. The van der Waals surface area contributed by atoms with Gasteiger partial charge >= 0.3 is 0 Å². The third-order valence-electron chi connectivity index (χ3n) is 2.86. The molecule has 2 rings (SSSR count). The molecule has 90 valence electrons. The highest BCUT2D eigenvalue weighted by atomic mass is 16.2. The highest BCUT2D eigenvalue weighted by Crippen LogP contribution is 2.19. The highest BCUT2D eigenvalue weighted by Gasteiger charge is 2.33. The van der Waals surface area contributed by atoms with Crippen molar-refractivity contribution in [2.45, 2.75) is 18.9 Å². The van der Waals surface area contributed by atoms with Crippen molar-refractivity contribution in [3.63, 3.8) is 0 Å². The summed E-state index contributed by atoms with van der Waals surface area (Å²) in [6, 6.07) is 2.18. The fraction of sp³-hybridized carbons (Fsp3) is 0.364. The predicted molar refractivity (Wildman–Crippen MR) is 60.3 cm³/mol. The molecule has 0 saturated carbocycles. The third-order valence-corrected chi connectivity index (χ3v) is 2.86. The van der Waals surface area contributed by atoms with Crippen molar-refractivity contribution in [2.24, 2.45) is 5.73 Å². The standard InChI is InChI=1S/C11H13N3O3/c12-10(16)8-2-1-5-14(8)11(17)7-3-4-13-9(15)6-7/h3-4,6,8H,1-2,5H2,(H2,12,16)(H,13,15). The van der Waals surface area contributed by atoms with E-state index in [1.54, 1.807) is 0 Å². The molecule has 1 aromatic rings. The number of rotatable bonds is 2. The summed E-state index contributed by atoms with van der Waals surface area (Å²) in [5.74, 6) is -0.821. The van der Waals surface area contributed by atoms with Gasteiger partial charge in [0.15, 0.2) is 0 Å². The summed E-state index contributed by atoms with van der Waals surface area (Å²) in [4.78, 5) is 38.2. The van der Waals surface area contributed by atoms with Crippen LogP contribution in [0.15, 0.2) is 23.1 Å². The molecule has 1 atom stereocenters. The average Bonchev–Trinajstić information content (AvgIpc) is 2.77. The molecule has 1 aromatic heterocycles. The molecule has 6 heteroatoms. The lowest BCUT2D eigenvalue weighted by molar-refractivity contribution is -0.121. The zero-order valence-electron chi connectivity index (χ0n) is 9.18. The van der Waals surface area contributed by atoms with Crippen LogP contribution in [0.4, 0.5) is 0 Å². The first-order chi connectivity index (χ1) is 8.09. The maximum Gasteiger partial charge on any atom is 0.254 e. The number of nitrogens with two attached hydrogens (primary N) is 1. The number of carbonyl (C=O) groups excluding carboxylic acids is 2. The normalized spacial score (nSPS) is 19.3. The van der Waals surface area contributed by atoms with E-state index in [9.17, 15) is 14.4 Å². The van der Waals surface area contributed by atoms with E-state index in [0.717, 1.165) is 6.42 Å². The number of aromatic amines is 1. The van der Waals surface area contributed by atoms with E-state index in [-0.39, 0.29) is 17.0 Å². The van der Waals surface area contributed by atoms with Crippen LogP contribution in [0.2, 0.25) is 0 Å². The Labute approximate surface area is 97.4 Å². The van der Waals surface area contributed by atoms with E-state index in [0.29, 0.717) is 13.0 Å². The smallest absolute Gasteiger partial charge is 0.254 e. The Morgan fingerprint density at radius 3 is 2.88 bits per heavy atom. The molecule has 1 saturated heterocycles. The predicted octanol–water partition coefficient (Wildman–Crippen LogP) is -0.535. The fourth-order valence-electron chi connectivity index (χ4n) is 2.05. The first-order valence-electron chi connectivity index (χ1n) is 5.38. The van der Waals surface area contributed by atoms with E-state index in [4.69, 9.17) is 5.73 Å². The first-order valence-corrected chi connectivity index (χ1v) is 5.38. The molecule has 2 heterocycles. The molecule has 0 aliphatic carbocycles. The molecule has 0 bridgehead atoms. The van der Waals surface area contributed by atoms with Crippen molar-refractivity contribution in [3.8, 4) is 0 Å².